The van der Waals surface area contributed by atoms with Gasteiger partial charge in [0.1, 0.15) is 0 Å². The molecule has 0 amide bonds. The van der Waals surface area contributed by atoms with Crippen LogP contribution in [0, 0.1) is 25.2 Å². The number of aliphatic hydroxyl groups excluding tert-OH is 1. The Kier molecular flexibility index (Phi) is 3.45. The zero-order valence-corrected chi connectivity index (χ0v) is 10.6. The van der Waals surface area contributed by atoms with E-state index in [1.165, 1.54) is 0 Å². The van der Waals surface area contributed by atoms with Crippen molar-refractivity contribution in [3.63, 3.8) is 0 Å². The van der Waals surface area contributed by atoms with Crippen molar-refractivity contribution in [1.29, 1.82) is 5.26 Å². The third-order valence-corrected chi connectivity index (χ3v) is 3.18. The van der Waals surface area contributed by atoms with E-state index >= 15 is 0 Å². The van der Waals surface area contributed by atoms with E-state index in [0.717, 1.165) is 27.8 Å². The van der Waals surface area contributed by atoms with Crippen molar-refractivity contribution in [1.82, 2.24) is 0 Å². The number of nitrogens with zero attached hydrogens (tertiary/aromatic N) is 1. The van der Waals surface area contributed by atoms with E-state index in [-0.39, 0.29) is 6.61 Å². The fourth-order valence-corrected chi connectivity index (χ4v) is 2.10. The molecular weight excluding hydrogens is 222 g/mol. The van der Waals surface area contributed by atoms with Gasteiger partial charge in [-0.15, -0.1) is 0 Å². The maximum absolute atomic E-state index is 9.17. The molecule has 0 heterocycles. The molecular formula is C16H15NO. The molecule has 18 heavy (non-hydrogen) atoms. The number of hydrogen-bond donors (Lipinski definition) is 1. The summed E-state index contributed by atoms with van der Waals surface area (Å²) in [6, 6.07) is 13.9. The average Bonchev–Trinajstić information content (AvgIpc) is 2.38. The van der Waals surface area contributed by atoms with E-state index in [4.69, 9.17) is 10.4 Å². The Balaban J connectivity index is 2.49. The lowest BCUT2D eigenvalue weighted by Gasteiger charge is -2.09. The third kappa shape index (κ3) is 2.27. The molecule has 0 saturated carbocycles. The number of rotatable bonds is 2. The van der Waals surface area contributed by atoms with Crippen LogP contribution >= 0.6 is 0 Å². The molecule has 90 valence electrons. The predicted molar refractivity (Wildman–Crippen MR) is 72.0 cm³/mol. The summed E-state index contributed by atoms with van der Waals surface area (Å²) in [7, 11) is 0. The summed E-state index contributed by atoms with van der Waals surface area (Å²) in [6.07, 6.45) is 0. The molecule has 0 aliphatic carbocycles. The first-order valence-electron chi connectivity index (χ1n) is 5.87. The van der Waals surface area contributed by atoms with Crippen LogP contribution in [0.2, 0.25) is 0 Å². The predicted octanol–water partition coefficient (Wildman–Crippen LogP) is 3.33. The van der Waals surface area contributed by atoms with Gasteiger partial charge in [-0.3, -0.25) is 0 Å². The number of nitriles is 1. The highest BCUT2D eigenvalue weighted by Crippen LogP contribution is 2.26. The van der Waals surface area contributed by atoms with E-state index in [2.05, 4.69) is 12.1 Å². The molecule has 0 aliphatic rings. The quantitative estimate of drug-likeness (QED) is 0.870. The van der Waals surface area contributed by atoms with Crippen LogP contribution in [0.4, 0.5) is 0 Å². The Morgan fingerprint density at radius 2 is 1.83 bits per heavy atom. The Morgan fingerprint density at radius 3 is 2.39 bits per heavy atom. The fourth-order valence-electron chi connectivity index (χ4n) is 2.10. The van der Waals surface area contributed by atoms with E-state index < -0.39 is 0 Å². The normalized spacial score (nSPS) is 10.1. The van der Waals surface area contributed by atoms with E-state index in [1.54, 1.807) is 0 Å². The van der Waals surface area contributed by atoms with Crippen LogP contribution in [-0.4, -0.2) is 5.11 Å². The molecule has 0 aliphatic heterocycles. The van der Waals surface area contributed by atoms with Crippen LogP contribution in [0.3, 0.4) is 0 Å². The SMILES string of the molecule is Cc1cc(-c2ccc(C#N)cc2C)ccc1CO. The lowest BCUT2D eigenvalue weighted by Crippen LogP contribution is -1.91. The second-order valence-corrected chi connectivity index (χ2v) is 4.44. The average molecular weight is 237 g/mol. The van der Waals surface area contributed by atoms with E-state index in [0.29, 0.717) is 5.56 Å². The Hall–Kier alpha value is -2.11. The topological polar surface area (TPSA) is 44.0 Å². The number of benzene rings is 2. The Bertz CT molecular complexity index is 623. The fraction of sp³-hybridized carbons (Fsp3) is 0.188. The first-order valence-corrected chi connectivity index (χ1v) is 5.87. The third-order valence-electron chi connectivity index (χ3n) is 3.18. The molecule has 0 radical (unpaired) electrons. The molecule has 2 nitrogen and oxygen atoms in total. The maximum Gasteiger partial charge on any atom is 0.0991 e. The zero-order chi connectivity index (χ0) is 13.1. The Labute approximate surface area is 107 Å². The van der Waals surface area contributed by atoms with Crippen LogP contribution in [0.15, 0.2) is 36.4 Å². The van der Waals surface area contributed by atoms with Gasteiger partial charge in [-0.1, -0.05) is 24.3 Å². The molecule has 2 rings (SSSR count). The Morgan fingerprint density at radius 1 is 1.06 bits per heavy atom. The minimum absolute atomic E-state index is 0.0679. The van der Waals surface area contributed by atoms with Crippen LogP contribution < -0.4 is 0 Å². The summed E-state index contributed by atoms with van der Waals surface area (Å²) in [6.45, 7) is 4.07. The molecule has 0 fully saturated rings. The lowest BCUT2D eigenvalue weighted by atomic mass is 9.96. The van der Waals surface area contributed by atoms with Crippen molar-refractivity contribution in [2.45, 2.75) is 20.5 Å². The second kappa shape index (κ2) is 5.03. The highest BCUT2D eigenvalue weighted by atomic mass is 16.3. The number of aliphatic hydroxyl groups is 1. The molecule has 0 atom stereocenters. The summed E-state index contributed by atoms with van der Waals surface area (Å²) < 4.78 is 0. The van der Waals surface area contributed by atoms with Crippen LogP contribution in [0.1, 0.15) is 22.3 Å². The van der Waals surface area contributed by atoms with Gasteiger partial charge in [-0.05, 0) is 53.8 Å². The molecule has 2 aromatic carbocycles. The van der Waals surface area contributed by atoms with Crippen molar-refractivity contribution in [3.05, 3.63) is 58.7 Å². The summed E-state index contributed by atoms with van der Waals surface area (Å²) in [5.74, 6) is 0. The largest absolute Gasteiger partial charge is 0.392 e. The number of aryl methyl sites for hydroxylation is 2. The molecule has 0 unspecified atom stereocenters. The van der Waals surface area contributed by atoms with Gasteiger partial charge in [-0.2, -0.15) is 5.26 Å². The van der Waals surface area contributed by atoms with Crippen molar-refractivity contribution in [3.8, 4) is 17.2 Å². The second-order valence-electron chi connectivity index (χ2n) is 4.44. The smallest absolute Gasteiger partial charge is 0.0991 e. The van der Waals surface area contributed by atoms with Crippen molar-refractivity contribution < 1.29 is 5.11 Å². The van der Waals surface area contributed by atoms with Crippen molar-refractivity contribution in [2.75, 3.05) is 0 Å². The highest BCUT2D eigenvalue weighted by Gasteiger charge is 2.05. The summed E-state index contributed by atoms with van der Waals surface area (Å²) >= 11 is 0. The van der Waals surface area contributed by atoms with Gasteiger partial charge in [0.15, 0.2) is 0 Å². The lowest BCUT2D eigenvalue weighted by molar-refractivity contribution is 0.281. The monoisotopic (exact) mass is 237 g/mol. The summed E-state index contributed by atoms with van der Waals surface area (Å²) in [5, 5.41) is 18.0. The van der Waals surface area contributed by atoms with E-state index in [1.807, 2.05) is 44.2 Å². The minimum Gasteiger partial charge on any atom is -0.392 e. The van der Waals surface area contributed by atoms with Crippen LogP contribution in [-0.2, 0) is 6.61 Å². The van der Waals surface area contributed by atoms with Gasteiger partial charge in [0.25, 0.3) is 0 Å². The molecule has 2 heteroatoms. The molecule has 0 spiro atoms. The minimum atomic E-state index is 0.0679. The van der Waals surface area contributed by atoms with Gasteiger partial charge in [0, 0.05) is 0 Å². The highest BCUT2D eigenvalue weighted by molar-refractivity contribution is 5.69. The molecule has 0 aromatic heterocycles. The molecule has 0 bridgehead atoms. The summed E-state index contributed by atoms with van der Waals surface area (Å²) in [5.41, 5.74) is 6.04. The standard InChI is InChI=1S/C16H15NO/c1-11-8-14(4-5-15(11)10-18)16-6-3-13(9-17)7-12(16)2/h3-8,18H,10H2,1-2H3. The first-order chi connectivity index (χ1) is 8.65. The van der Waals surface area contributed by atoms with E-state index in [9.17, 15) is 0 Å². The zero-order valence-electron chi connectivity index (χ0n) is 10.6. The van der Waals surface area contributed by atoms with Gasteiger partial charge in [0.05, 0.1) is 18.2 Å². The van der Waals surface area contributed by atoms with Gasteiger partial charge in [-0.25, -0.2) is 0 Å². The van der Waals surface area contributed by atoms with Gasteiger partial charge >= 0.3 is 0 Å². The maximum atomic E-state index is 9.17. The first kappa shape index (κ1) is 12.3. The molecule has 2 aromatic rings. The molecule has 1 N–H and O–H groups in total. The van der Waals surface area contributed by atoms with Crippen molar-refractivity contribution in [2.24, 2.45) is 0 Å². The number of hydrogen-bond acceptors (Lipinski definition) is 2. The van der Waals surface area contributed by atoms with Gasteiger partial charge < -0.3 is 5.11 Å². The van der Waals surface area contributed by atoms with Crippen LogP contribution in [0.25, 0.3) is 11.1 Å². The van der Waals surface area contributed by atoms with Crippen LogP contribution in [0.5, 0.6) is 0 Å². The summed E-state index contributed by atoms with van der Waals surface area (Å²) in [4.78, 5) is 0. The van der Waals surface area contributed by atoms with Crippen molar-refractivity contribution >= 4 is 0 Å². The molecule has 0 saturated heterocycles. The van der Waals surface area contributed by atoms with Gasteiger partial charge in [0.2, 0.25) is 0 Å².